The molecule has 0 saturated heterocycles. The number of aryl methyl sites for hydroxylation is 1. The summed E-state index contributed by atoms with van der Waals surface area (Å²) in [7, 11) is 0. The number of carbonyl (C=O) groups excluding carboxylic acids is 1. The molecule has 2 heterocycles. The van der Waals surface area contributed by atoms with E-state index >= 15 is 0 Å². The van der Waals surface area contributed by atoms with Gasteiger partial charge in [0.05, 0.1) is 16.6 Å². The van der Waals surface area contributed by atoms with Crippen LogP contribution in [0.4, 0.5) is 29.1 Å². The van der Waals surface area contributed by atoms with E-state index in [2.05, 4.69) is 25.8 Å². The van der Waals surface area contributed by atoms with Gasteiger partial charge in [0.2, 0.25) is 17.6 Å². The summed E-state index contributed by atoms with van der Waals surface area (Å²) in [6.45, 7) is 3.41. The first-order chi connectivity index (χ1) is 17.5. The van der Waals surface area contributed by atoms with Crippen LogP contribution in [0.2, 0.25) is 5.02 Å². The Morgan fingerprint density at radius 2 is 1.86 bits per heavy atom. The van der Waals surface area contributed by atoms with E-state index in [1.165, 1.54) is 18.3 Å². The fourth-order valence-corrected chi connectivity index (χ4v) is 3.86. The monoisotopic (exact) mass is 533 g/mol. The minimum atomic E-state index is -4.66. The van der Waals surface area contributed by atoms with Gasteiger partial charge in [0.15, 0.2) is 5.82 Å². The Balaban J connectivity index is 1.56. The molecule has 0 radical (unpaired) electrons. The largest absolute Gasteiger partial charge is 0.397 e. The summed E-state index contributed by atoms with van der Waals surface area (Å²) in [6.07, 6.45) is -4.95. The first kappa shape index (κ1) is 26.1. The summed E-state index contributed by atoms with van der Waals surface area (Å²) >= 11 is 6.12. The molecule has 1 amide bonds. The molecule has 0 aliphatic heterocycles. The second kappa shape index (κ2) is 10.6. The zero-order valence-electron chi connectivity index (χ0n) is 19.5. The van der Waals surface area contributed by atoms with Crippen molar-refractivity contribution in [2.75, 3.05) is 10.6 Å². The number of halogens is 5. The summed E-state index contributed by atoms with van der Waals surface area (Å²) in [6, 6.07) is 12.8. The molecule has 1 atom stereocenters. The average Bonchev–Trinajstić information content (AvgIpc) is 3.25. The molecule has 0 fully saturated rings. The zero-order valence-corrected chi connectivity index (χ0v) is 20.3. The van der Waals surface area contributed by atoms with Crippen LogP contribution in [0, 0.1) is 12.7 Å². The van der Waals surface area contributed by atoms with E-state index in [1.54, 1.807) is 50.2 Å². The second-order valence-corrected chi connectivity index (χ2v) is 8.55. The third-order valence-corrected chi connectivity index (χ3v) is 5.68. The first-order valence-corrected chi connectivity index (χ1v) is 11.4. The number of alkyl halides is 3. The Bertz CT molecular complexity index is 1420. The smallest absolute Gasteiger partial charge is 0.362 e. The molecule has 0 spiro atoms. The van der Waals surface area contributed by atoms with Crippen LogP contribution in [0.1, 0.15) is 30.8 Å². The number of nitrogens with one attached hydrogen (secondary N) is 2. The topological polar surface area (TPSA) is 92.9 Å². The van der Waals surface area contributed by atoms with Crippen LogP contribution in [0.3, 0.4) is 0 Å². The lowest BCUT2D eigenvalue weighted by Crippen LogP contribution is -2.22. The van der Waals surface area contributed by atoms with Crippen molar-refractivity contribution in [1.82, 2.24) is 15.1 Å². The van der Waals surface area contributed by atoms with Gasteiger partial charge < -0.3 is 15.2 Å². The van der Waals surface area contributed by atoms with E-state index in [0.29, 0.717) is 17.0 Å². The van der Waals surface area contributed by atoms with E-state index in [1.807, 2.05) is 0 Å². The SMILES string of the molecule is Cc1nc(-c2c(F)cccc2-c2ccc(C(C)Nc3nccc(Cl)c3NC(=O)CC(F)(F)F)cc2)no1. The summed E-state index contributed by atoms with van der Waals surface area (Å²) in [5.41, 5.74) is 2.21. The lowest BCUT2D eigenvalue weighted by molar-refractivity contribution is -0.150. The Labute approximate surface area is 213 Å². The molecule has 0 aliphatic rings. The molecule has 192 valence electrons. The van der Waals surface area contributed by atoms with Gasteiger partial charge >= 0.3 is 6.18 Å². The molecule has 0 aliphatic carbocycles. The van der Waals surface area contributed by atoms with Crippen LogP contribution in [0.5, 0.6) is 0 Å². The Morgan fingerprint density at radius 1 is 1.14 bits per heavy atom. The van der Waals surface area contributed by atoms with Crippen molar-refractivity contribution in [3.63, 3.8) is 0 Å². The number of nitrogens with zero attached hydrogens (tertiary/aromatic N) is 3. The lowest BCUT2D eigenvalue weighted by Gasteiger charge is -2.19. The number of aromatic nitrogens is 3. The van der Waals surface area contributed by atoms with Crippen LogP contribution in [-0.2, 0) is 4.79 Å². The van der Waals surface area contributed by atoms with Crippen LogP contribution in [0.15, 0.2) is 59.3 Å². The van der Waals surface area contributed by atoms with Gasteiger partial charge in [-0.2, -0.15) is 18.2 Å². The first-order valence-electron chi connectivity index (χ1n) is 11.0. The highest BCUT2D eigenvalue weighted by Gasteiger charge is 2.32. The van der Waals surface area contributed by atoms with Crippen LogP contribution >= 0.6 is 11.6 Å². The summed E-state index contributed by atoms with van der Waals surface area (Å²) < 4.78 is 57.4. The van der Waals surface area contributed by atoms with Crippen molar-refractivity contribution in [1.29, 1.82) is 0 Å². The molecule has 0 bridgehead atoms. The molecule has 2 aromatic carbocycles. The average molecular weight is 534 g/mol. The fraction of sp³-hybridized carbons (Fsp3) is 0.200. The molecule has 0 saturated carbocycles. The maximum absolute atomic E-state index is 14.7. The molecule has 37 heavy (non-hydrogen) atoms. The van der Waals surface area contributed by atoms with Crippen LogP contribution in [0.25, 0.3) is 22.5 Å². The second-order valence-electron chi connectivity index (χ2n) is 8.14. The highest BCUT2D eigenvalue weighted by atomic mass is 35.5. The molecule has 4 aromatic rings. The maximum atomic E-state index is 14.7. The van der Waals surface area contributed by atoms with E-state index in [0.717, 1.165) is 5.56 Å². The van der Waals surface area contributed by atoms with Gasteiger partial charge in [0.25, 0.3) is 0 Å². The van der Waals surface area contributed by atoms with Crippen molar-refractivity contribution in [3.8, 4) is 22.5 Å². The van der Waals surface area contributed by atoms with Crippen LogP contribution < -0.4 is 10.6 Å². The van der Waals surface area contributed by atoms with E-state index in [4.69, 9.17) is 16.1 Å². The van der Waals surface area contributed by atoms with Crippen molar-refractivity contribution in [3.05, 3.63) is 77.0 Å². The Hall–Kier alpha value is -3.99. The Morgan fingerprint density at radius 3 is 2.51 bits per heavy atom. The van der Waals surface area contributed by atoms with Gasteiger partial charge in [-0.25, -0.2) is 9.37 Å². The van der Waals surface area contributed by atoms with Crippen molar-refractivity contribution in [2.45, 2.75) is 32.5 Å². The lowest BCUT2D eigenvalue weighted by atomic mass is 9.96. The molecular weight excluding hydrogens is 514 g/mol. The van der Waals surface area contributed by atoms with Gasteiger partial charge in [0, 0.05) is 13.1 Å². The van der Waals surface area contributed by atoms with Crippen LogP contribution in [-0.4, -0.2) is 27.2 Å². The molecular formula is C25H20ClF4N5O2. The number of hydrogen-bond donors (Lipinski definition) is 2. The number of amides is 1. The van der Waals surface area contributed by atoms with E-state index in [-0.39, 0.29) is 34.0 Å². The minimum Gasteiger partial charge on any atom is -0.362 e. The fourth-order valence-electron chi connectivity index (χ4n) is 3.66. The molecule has 12 heteroatoms. The van der Waals surface area contributed by atoms with Gasteiger partial charge in [-0.3, -0.25) is 4.79 Å². The summed E-state index contributed by atoms with van der Waals surface area (Å²) in [4.78, 5) is 20.1. The predicted molar refractivity (Wildman–Crippen MR) is 130 cm³/mol. The van der Waals surface area contributed by atoms with E-state index < -0.39 is 24.3 Å². The predicted octanol–water partition coefficient (Wildman–Crippen LogP) is 6.96. The quantitative estimate of drug-likeness (QED) is 0.249. The third kappa shape index (κ3) is 6.23. The number of benzene rings is 2. The van der Waals surface area contributed by atoms with Crippen molar-refractivity contribution >= 4 is 29.0 Å². The van der Waals surface area contributed by atoms with Crippen molar-refractivity contribution in [2.24, 2.45) is 0 Å². The third-order valence-electron chi connectivity index (χ3n) is 5.37. The summed E-state index contributed by atoms with van der Waals surface area (Å²) in [5.74, 6) is -1.20. The van der Waals surface area contributed by atoms with Gasteiger partial charge in [-0.05, 0) is 35.7 Å². The Kier molecular flexibility index (Phi) is 7.44. The number of anilines is 2. The van der Waals surface area contributed by atoms with Gasteiger partial charge in [-0.15, -0.1) is 0 Å². The molecule has 2 N–H and O–H groups in total. The van der Waals surface area contributed by atoms with Gasteiger partial charge in [-0.1, -0.05) is 53.2 Å². The number of pyridine rings is 1. The maximum Gasteiger partial charge on any atom is 0.397 e. The van der Waals surface area contributed by atoms with Gasteiger partial charge in [0.1, 0.15) is 17.9 Å². The zero-order chi connectivity index (χ0) is 26.7. The highest BCUT2D eigenvalue weighted by molar-refractivity contribution is 6.34. The number of rotatable bonds is 7. The molecule has 4 rings (SSSR count). The molecule has 7 nitrogen and oxygen atoms in total. The van der Waals surface area contributed by atoms with Crippen molar-refractivity contribution < 1.29 is 26.9 Å². The number of carbonyl (C=O) groups is 1. The van der Waals surface area contributed by atoms with E-state index in [9.17, 15) is 22.4 Å². The standard InChI is InChI=1S/C25H20ClF4N5O2/c1-13(32-24-22(18(26)10-11-31-24)34-20(36)12-25(28,29)30)15-6-8-16(9-7-15)17-4-3-5-19(27)21(17)23-33-14(2)37-35-23/h3-11,13H,12H2,1-2H3,(H,31,32)(H,34,36). The highest BCUT2D eigenvalue weighted by Crippen LogP contribution is 2.35. The molecule has 1 unspecified atom stereocenters. The summed E-state index contributed by atoms with van der Waals surface area (Å²) in [5, 5.41) is 9.11. The number of hydrogen-bond acceptors (Lipinski definition) is 6. The molecule has 2 aromatic heterocycles. The minimum absolute atomic E-state index is 0.0332. The normalized spacial score (nSPS) is 12.3.